The monoisotopic (exact) mass is 286 g/mol. The predicted molar refractivity (Wildman–Crippen MR) is 66.7 cm³/mol. The summed E-state index contributed by atoms with van der Waals surface area (Å²) in [5.74, 6) is -0.694. The molecule has 16 heavy (non-hydrogen) atoms. The molecule has 0 bridgehead atoms. The number of benzene rings is 1. The number of carbonyl (C=O) groups is 1. The molecular weight excluding hydrogens is 267 g/mol. The average molecular weight is 285 g/mol. The van der Waals surface area contributed by atoms with E-state index in [-0.39, 0.29) is 11.8 Å². The van der Waals surface area contributed by atoms with Gasteiger partial charge in [0.15, 0.2) is 0 Å². The van der Waals surface area contributed by atoms with Gasteiger partial charge >= 0.3 is 103 Å². The standard InChI is InChI=1S/C13H18O2Se/c1-13(2,8-12(14)15)10-16-9-11-6-4-3-5-7-11/h3-7H,8-10H2,1-2H3,(H,14,15). The summed E-state index contributed by atoms with van der Waals surface area (Å²) in [6.07, 6.45) is 0.267. The molecule has 0 atom stereocenters. The molecule has 0 aliphatic rings. The topological polar surface area (TPSA) is 37.3 Å². The number of aliphatic carboxylic acids is 1. The second kappa shape index (κ2) is 6.07. The normalized spacial score (nSPS) is 11.4. The van der Waals surface area contributed by atoms with Crippen LogP contribution < -0.4 is 0 Å². The number of carboxylic acid groups (broad SMARTS) is 1. The summed E-state index contributed by atoms with van der Waals surface area (Å²) in [5.41, 5.74) is 1.29. The molecule has 3 heteroatoms. The molecule has 1 rings (SSSR count). The summed E-state index contributed by atoms with van der Waals surface area (Å²) in [4.78, 5) is 10.7. The maximum absolute atomic E-state index is 10.7. The zero-order chi connectivity index (χ0) is 12.0. The average Bonchev–Trinajstić information content (AvgIpc) is 2.16. The molecule has 2 nitrogen and oxygen atoms in total. The minimum absolute atomic E-state index is 0.0688. The van der Waals surface area contributed by atoms with Crippen LogP contribution in [0.5, 0.6) is 0 Å². The Kier molecular flexibility index (Phi) is 5.04. The molecule has 0 heterocycles. The van der Waals surface area contributed by atoms with Crippen LogP contribution in [0.3, 0.4) is 0 Å². The van der Waals surface area contributed by atoms with Crippen molar-refractivity contribution in [3.8, 4) is 0 Å². The Morgan fingerprint density at radius 1 is 1.31 bits per heavy atom. The van der Waals surface area contributed by atoms with Crippen LogP contribution in [0.25, 0.3) is 0 Å². The molecule has 0 unspecified atom stereocenters. The number of hydrogen-bond acceptors (Lipinski definition) is 1. The molecule has 1 aromatic rings. The maximum atomic E-state index is 10.7. The fourth-order valence-electron chi connectivity index (χ4n) is 1.48. The Bertz CT molecular complexity index is 333. The van der Waals surface area contributed by atoms with Crippen molar-refractivity contribution in [3.05, 3.63) is 35.9 Å². The number of rotatable bonds is 6. The third kappa shape index (κ3) is 5.34. The van der Waals surface area contributed by atoms with Gasteiger partial charge in [0.2, 0.25) is 0 Å². The van der Waals surface area contributed by atoms with Gasteiger partial charge in [-0.1, -0.05) is 0 Å². The van der Waals surface area contributed by atoms with Gasteiger partial charge in [-0.05, 0) is 0 Å². The third-order valence-electron chi connectivity index (χ3n) is 2.23. The van der Waals surface area contributed by atoms with E-state index in [0.29, 0.717) is 15.0 Å². The van der Waals surface area contributed by atoms with Gasteiger partial charge in [-0.3, -0.25) is 0 Å². The van der Waals surface area contributed by atoms with Gasteiger partial charge in [0.25, 0.3) is 0 Å². The fourth-order valence-corrected chi connectivity index (χ4v) is 3.97. The molecule has 0 amide bonds. The van der Waals surface area contributed by atoms with Crippen molar-refractivity contribution in [2.24, 2.45) is 5.41 Å². The molecule has 0 fully saturated rings. The van der Waals surface area contributed by atoms with Crippen LogP contribution in [0.4, 0.5) is 0 Å². The van der Waals surface area contributed by atoms with Crippen molar-refractivity contribution < 1.29 is 9.90 Å². The summed E-state index contributed by atoms with van der Waals surface area (Å²) in [6.45, 7) is 4.07. The van der Waals surface area contributed by atoms with Crippen LogP contribution in [-0.2, 0) is 10.1 Å². The van der Waals surface area contributed by atoms with E-state index in [0.717, 1.165) is 10.6 Å². The van der Waals surface area contributed by atoms with E-state index >= 15 is 0 Å². The van der Waals surface area contributed by atoms with Crippen LogP contribution in [0.2, 0.25) is 5.32 Å². The number of hydrogen-bond donors (Lipinski definition) is 1. The molecule has 0 saturated carbocycles. The van der Waals surface area contributed by atoms with Gasteiger partial charge in [-0.2, -0.15) is 0 Å². The van der Waals surface area contributed by atoms with Crippen LogP contribution in [-0.4, -0.2) is 26.0 Å². The van der Waals surface area contributed by atoms with E-state index in [1.807, 2.05) is 32.0 Å². The van der Waals surface area contributed by atoms with Gasteiger partial charge in [0.05, 0.1) is 0 Å². The van der Waals surface area contributed by atoms with Crippen molar-refractivity contribution in [1.82, 2.24) is 0 Å². The first-order valence-corrected chi connectivity index (χ1v) is 7.75. The van der Waals surface area contributed by atoms with Crippen molar-refractivity contribution in [2.45, 2.75) is 30.9 Å². The van der Waals surface area contributed by atoms with Gasteiger partial charge in [-0.15, -0.1) is 0 Å². The summed E-state index contributed by atoms with van der Waals surface area (Å²) in [7, 11) is 0. The zero-order valence-electron chi connectivity index (χ0n) is 9.77. The summed E-state index contributed by atoms with van der Waals surface area (Å²) >= 11 is 0.486. The van der Waals surface area contributed by atoms with Crippen molar-refractivity contribution >= 4 is 20.9 Å². The van der Waals surface area contributed by atoms with Crippen LogP contribution in [0.1, 0.15) is 25.8 Å². The van der Waals surface area contributed by atoms with Gasteiger partial charge in [-0.25, -0.2) is 0 Å². The Balaban J connectivity index is 2.32. The van der Waals surface area contributed by atoms with Crippen LogP contribution in [0.15, 0.2) is 30.3 Å². The summed E-state index contributed by atoms with van der Waals surface area (Å²) < 4.78 is 0. The molecule has 0 aliphatic carbocycles. The first-order chi connectivity index (χ1) is 7.49. The first-order valence-electron chi connectivity index (χ1n) is 5.33. The Morgan fingerprint density at radius 2 is 1.94 bits per heavy atom. The van der Waals surface area contributed by atoms with Gasteiger partial charge in [0.1, 0.15) is 0 Å². The quantitative estimate of drug-likeness (QED) is 0.816. The van der Waals surface area contributed by atoms with E-state index in [2.05, 4.69) is 12.1 Å². The minimum atomic E-state index is -0.694. The van der Waals surface area contributed by atoms with Crippen molar-refractivity contribution in [3.63, 3.8) is 0 Å². The molecule has 88 valence electrons. The van der Waals surface area contributed by atoms with E-state index in [1.54, 1.807) is 0 Å². The second-order valence-corrected chi connectivity index (χ2v) is 6.78. The molecule has 0 saturated heterocycles. The molecule has 0 aromatic heterocycles. The Hall–Kier alpha value is -0.791. The molecule has 1 N–H and O–H groups in total. The molecule has 1 aromatic carbocycles. The van der Waals surface area contributed by atoms with Gasteiger partial charge < -0.3 is 0 Å². The van der Waals surface area contributed by atoms with Crippen molar-refractivity contribution in [2.75, 3.05) is 0 Å². The van der Waals surface area contributed by atoms with Crippen LogP contribution in [0, 0.1) is 5.41 Å². The zero-order valence-corrected chi connectivity index (χ0v) is 11.5. The molecule has 0 radical (unpaired) electrons. The number of carboxylic acids is 1. The Morgan fingerprint density at radius 3 is 2.50 bits per heavy atom. The van der Waals surface area contributed by atoms with E-state index in [1.165, 1.54) is 5.56 Å². The summed E-state index contributed by atoms with van der Waals surface area (Å²) in [6, 6.07) is 10.4. The predicted octanol–water partition coefficient (Wildman–Crippen LogP) is 2.81. The third-order valence-corrected chi connectivity index (χ3v) is 5.43. The second-order valence-electron chi connectivity index (χ2n) is 4.71. The fraction of sp³-hybridized carbons (Fsp3) is 0.462. The van der Waals surface area contributed by atoms with Crippen LogP contribution >= 0.6 is 0 Å². The first kappa shape index (κ1) is 13.3. The molecular formula is C13H18O2Se. The molecule has 0 aliphatic heterocycles. The molecule has 0 spiro atoms. The summed E-state index contributed by atoms with van der Waals surface area (Å²) in [5, 5.41) is 10.9. The van der Waals surface area contributed by atoms with Crippen molar-refractivity contribution in [1.29, 1.82) is 0 Å². The van der Waals surface area contributed by atoms with E-state index in [4.69, 9.17) is 5.11 Å². The van der Waals surface area contributed by atoms with E-state index < -0.39 is 5.97 Å². The SMILES string of the molecule is CC(C)(C[Se]Cc1ccccc1)CC(=O)O. The van der Waals surface area contributed by atoms with Gasteiger partial charge in [0, 0.05) is 0 Å². The van der Waals surface area contributed by atoms with E-state index in [9.17, 15) is 4.79 Å². The Labute approximate surface area is 103 Å².